The third kappa shape index (κ3) is 3.54. The van der Waals surface area contributed by atoms with E-state index in [2.05, 4.69) is 46.5 Å². The van der Waals surface area contributed by atoms with Gasteiger partial charge in [-0.05, 0) is 49.3 Å². The minimum atomic E-state index is 0.227. The number of benzene rings is 1. The molecule has 2 rings (SSSR count). The molecule has 0 aliphatic carbocycles. The summed E-state index contributed by atoms with van der Waals surface area (Å²) in [6.07, 6.45) is 3.37. The largest absolute Gasteiger partial charge is 0.381 e. The molecule has 1 saturated heterocycles. The fourth-order valence-corrected chi connectivity index (χ4v) is 2.84. The van der Waals surface area contributed by atoms with Crippen molar-refractivity contribution in [3.8, 4) is 0 Å². The van der Waals surface area contributed by atoms with Gasteiger partial charge in [-0.1, -0.05) is 28.1 Å². The van der Waals surface area contributed by atoms with Gasteiger partial charge in [-0.15, -0.1) is 0 Å². The van der Waals surface area contributed by atoms with Crippen LogP contribution >= 0.6 is 15.9 Å². The van der Waals surface area contributed by atoms with Crippen molar-refractivity contribution in [3.05, 3.63) is 33.8 Å². The van der Waals surface area contributed by atoms with Crippen molar-refractivity contribution < 1.29 is 4.74 Å². The van der Waals surface area contributed by atoms with E-state index >= 15 is 0 Å². The van der Waals surface area contributed by atoms with E-state index in [1.807, 2.05) is 0 Å². The SMILES string of the molecule is Cc1ccc(C(CC2CCOCC2)NN)cc1Br. The van der Waals surface area contributed by atoms with E-state index in [0.717, 1.165) is 36.9 Å². The molecular formula is C14H21BrN2O. The Bertz CT molecular complexity index is 391. The smallest absolute Gasteiger partial charge is 0.0468 e. The zero-order valence-corrected chi connectivity index (χ0v) is 12.4. The predicted octanol–water partition coefficient (Wildman–Crippen LogP) is 3.08. The van der Waals surface area contributed by atoms with E-state index in [0.29, 0.717) is 5.92 Å². The quantitative estimate of drug-likeness (QED) is 0.663. The number of halogens is 1. The van der Waals surface area contributed by atoms with Gasteiger partial charge in [0.2, 0.25) is 0 Å². The Morgan fingerprint density at radius 3 is 2.78 bits per heavy atom. The van der Waals surface area contributed by atoms with Gasteiger partial charge in [0.05, 0.1) is 0 Å². The number of ether oxygens (including phenoxy) is 1. The molecular weight excluding hydrogens is 292 g/mol. The molecule has 1 unspecified atom stereocenters. The molecule has 1 aromatic rings. The van der Waals surface area contributed by atoms with Crippen LogP contribution in [-0.2, 0) is 4.74 Å². The highest BCUT2D eigenvalue weighted by molar-refractivity contribution is 9.10. The van der Waals surface area contributed by atoms with Gasteiger partial charge in [0.25, 0.3) is 0 Å². The maximum Gasteiger partial charge on any atom is 0.0468 e. The lowest BCUT2D eigenvalue weighted by Crippen LogP contribution is -2.31. The Morgan fingerprint density at radius 2 is 2.17 bits per heavy atom. The standard InChI is InChI=1S/C14H21BrN2O/c1-10-2-3-12(9-13(10)15)14(17-16)8-11-4-6-18-7-5-11/h2-3,9,11,14,17H,4-8,16H2,1H3. The topological polar surface area (TPSA) is 47.3 Å². The molecule has 1 heterocycles. The van der Waals surface area contributed by atoms with E-state index in [1.54, 1.807) is 0 Å². The van der Waals surface area contributed by atoms with Crippen LogP contribution < -0.4 is 11.3 Å². The summed E-state index contributed by atoms with van der Waals surface area (Å²) in [6, 6.07) is 6.68. The van der Waals surface area contributed by atoms with Gasteiger partial charge in [-0.2, -0.15) is 0 Å². The first-order valence-electron chi connectivity index (χ1n) is 6.50. The van der Waals surface area contributed by atoms with Gasteiger partial charge in [-0.3, -0.25) is 11.3 Å². The van der Waals surface area contributed by atoms with Crippen LogP contribution in [0.1, 0.15) is 36.4 Å². The van der Waals surface area contributed by atoms with E-state index in [1.165, 1.54) is 11.1 Å². The highest BCUT2D eigenvalue weighted by Crippen LogP contribution is 2.29. The summed E-state index contributed by atoms with van der Waals surface area (Å²) >= 11 is 3.58. The third-order valence-electron chi connectivity index (χ3n) is 3.71. The summed E-state index contributed by atoms with van der Waals surface area (Å²) in [5, 5.41) is 0. The van der Waals surface area contributed by atoms with Gasteiger partial charge < -0.3 is 4.74 Å². The summed E-state index contributed by atoms with van der Waals surface area (Å²) in [6.45, 7) is 3.87. The Kier molecular flexibility index (Phi) is 5.18. The lowest BCUT2D eigenvalue weighted by atomic mass is 9.89. The molecule has 18 heavy (non-hydrogen) atoms. The summed E-state index contributed by atoms with van der Waals surface area (Å²) < 4.78 is 6.54. The van der Waals surface area contributed by atoms with Crippen LogP contribution in [0.2, 0.25) is 0 Å². The van der Waals surface area contributed by atoms with Crippen LogP contribution in [0.5, 0.6) is 0 Å². The van der Waals surface area contributed by atoms with Crippen molar-refractivity contribution in [1.82, 2.24) is 5.43 Å². The number of nitrogens with two attached hydrogens (primary N) is 1. The third-order valence-corrected chi connectivity index (χ3v) is 4.56. The van der Waals surface area contributed by atoms with Crippen molar-refractivity contribution in [2.24, 2.45) is 11.8 Å². The maximum atomic E-state index is 5.71. The molecule has 4 heteroatoms. The lowest BCUT2D eigenvalue weighted by molar-refractivity contribution is 0.0605. The molecule has 3 N–H and O–H groups in total. The number of nitrogens with one attached hydrogen (secondary N) is 1. The molecule has 0 aromatic heterocycles. The summed E-state index contributed by atoms with van der Waals surface area (Å²) in [7, 11) is 0. The molecule has 1 aliphatic heterocycles. The molecule has 0 saturated carbocycles. The minimum absolute atomic E-state index is 0.227. The van der Waals surface area contributed by atoms with Crippen LogP contribution in [0.3, 0.4) is 0 Å². The van der Waals surface area contributed by atoms with Crippen LogP contribution in [0, 0.1) is 12.8 Å². The molecule has 0 radical (unpaired) electrons. The minimum Gasteiger partial charge on any atom is -0.381 e. The maximum absolute atomic E-state index is 5.71. The predicted molar refractivity (Wildman–Crippen MR) is 77.1 cm³/mol. The highest BCUT2D eigenvalue weighted by Gasteiger charge is 2.20. The number of aryl methyl sites for hydroxylation is 1. The molecule has 100 valence electrons. The summed E-state index contributed by atoms with van der Waals surface area (Å²) in [4.78, 5) is 0. The van der Waals surface area contributed by atoms with E-state index in [-0.39, 0.29) is 6.04 Å². The molecule has 0 spiro atoms. The Balaban J connectivity index is 2.04. The van der Waals surface area contributed by atoms with E-state index in [9.17, 15) is 0 Å². The summed E-state index contributed by atoms with van der Waals surface area (Å²) in [5.74, 6) is 6.42. The Morgan fingerprint density at radius 1 is 1.44 bits per heavy atom. The Hall–Kier alpha value is -0.420. The molecule has 3 nitrogen and oxygen atoms in total. The molecule has 1 atom stereocenters. The fourth-order valence-electron chi connectivity index (χ4n) is 2.44. The van der Waals surface area contributed by atoms with Crippen LogP contribution in [0.15, 0.2) is 22.7 Å². The van der Waals surface area contributed by atoms with E-state index < -0.39 is 0 Å². The molecule has 1 aromatic carbocycles. The van der Waals surface area contributed by atoms with Gasteiger partial charge in [-0.25, -0.2) is 0 Å². The second-order valence-electron chi connectivity index (χ2n) is 5.02. The normalized spacial score (nSPS) is 18.8. The van der Waals surface area contributed by atoms with E-state index in [4.69, 9.17) is 10.6 Å². The second-order valence-corrected chi connectivity index (χ2v) is 5.87. The first kappa shape index (κ1) is 14.0. The van der Waals surface area contributed by atoms with Crippen LogP contribution in [0.25, 0.3) is 0 Å². The van der Waals surface area contributed by atoms with Gasteiger partial charge in [0.15, 0.2) is 0 Å². The van der Waals surface area contributed by atoms with Crippen molar-refractivity contribution in [2.75, 3.05) is 13.2 Å². The number of hydrazine groups is 1. The van der Waals surface area contributed by atoms with Gasteiger partial charge >= 0.3 is 0 Å². The summed E-state index contributed by atoms with van der Waals surface area (Å²) in [5.41, 5.74) is 5.45. The molecule has 1 fully saturated rings. The molecule has 0 amide bonds. The molecule has 1 aliphatic rings. The fraction of sp³-hybridized carbons (Fsp3) is 0.571. The zero-order chi connectivity index (χ0) is 13.0. The van der Waals surface area contributed by atoms with Gasteiger partial charge in [0.1, 0.15) is 0 Å². The highest BCUT2D eigenvalue weighted by atomic mass is 79.9. The average Bonchev–Trinajstić information content (AvgIpc) is 2.40. The Labute approximate surface area is 117 Å². The van der Waals surface area contributed by atoms with Crippen molar-refractivity contribution in [2.45, 2.75) is 32.2 Å². The van der Waals surface area contributed by atoms with Gasteiger partial charge in [0, 0.05) is 23.7 Å². The number of hydrogen-bond acceptors (Lipinski definition) is 3. The monoisotopic (exact) mass is 312 g/mol. The first-order chi connectivity index (χ1) is 8.70. The first-order valence-corrected chi connectivity index (χ1v) is 7.30. The average molecular weight is 313 g/mol. The zero-order valence-electron chi connectivity index (χ0n) is 10.8. The van der Waals surface area contributed by atoms with Crippen molar-refractivity contribution in [3.63, 3.8) is 0 Å². The van der Waals surface area contributed by atoms with Crippen molar-refractivity contribution >= 4 is 15.9 Å². The second kappa shape index (κ2) is 6.66. The number of hydrogen-bond donors (Lipinski definition) is 2. The molecule has 0 bridgehead atoms. The van der Waals surface area contributed by atoms with Crippen LogP contribution in [0.4, 0.5) is 0 Å². The lowest BCUT2D eigenvalue weighted by Gasteiger charge is -2.26. The van der Waals surface area contributed by atoms with Crippen molar-refractivity contribution in [1.29, 1.82) is 0 Å². The number of rotatable bonds is 4. The van der Waals surface area contributed by atoms with Crippen LogP contribution in [-0.4, -0.2) is 13.2 Å².